The SMILES string of the molecule is Cc1cc(OC2CCN(S(=O)(=O)c3cccc4ccccc34)CC2)cc(=O)n1C. The normalized spacial score (nSPS) is 16.2. The molecule has 29 heavy (non-hydrogen) atoms. The van der Waals surface area contributed by atoms with Crippen molar-refractivity contribution in [2.45, 2.75) is 30.8 Å². The average molecular weight is 413 g/mol. The van der Waals surface area contributed by atoms with E-state index in [0.717, 1.165) is 16.5 Å². The Hall–Kier alpha value is -2.64. The van der Waals surface area contributed by atoms with E-state index in [9.17, 15) is 13.2 Å². The summed E-state index contributed by atoms with van der Waals surface area (Å²) in [4.78, 5) is 12.3. The van der Waals surface area contributed by atoms with Crippen molar-refractivity contribution < 1.29 is 13.2 Å². The summed E-state index contributed by atoms with van der Waals surface area (Å²) in [5.41, 5.74) is 0.708. The zero-order valence-corrected chi connectivity index (χ0v) is 17.4. The Bertz CT molecular complexity index is 1200. The van der Waals surface area contributed by atoms with Gasteiger partial charge in [-0.15, -0.1) is 0 Å². The fourth-order valence-corrected chi connectivity index (χ4v) is 5.43. The first-order valence-electron chi connectivity index (χ1n) is 9.68. The topological polar surface area (TPSA) is 68.6 Å². The highest BCUT2D eigenvalue weighted by Gasteiger charge is 2.31. The predicted molar refractivity (Wildman–Crippen MR) is 113 cm³/mol. The number of fused-ring (bicyclic) bond motifs is 1. The molecule has 0 unspecified atom stereocenters. The lowest BCUT2D eigenvalue weighted by Crippen LogP contribution is -2.41. The van der Waals surface area contributed by atoms with Gasteiger partial charge in [-0.2, -0.15) is 4.31 Å². The number of hydrogen-bond acceptors (Lipinski definition) is 4. The molecule has 1 aliphatic rings. The third-order valence-electron chi connectivity index (χ3n) is 5.55. The number of aromatic nitrogens is 1. The molecule has 1 fully saturated rings. The van der Waals surface area contributed by atoms with E-state index < -0.39 is 10.0 Å². The molecule has 0 atom stereocenters. The molecule has 0 saturated carbocycles. The summed E-state index contributed by atoms with van der Waals surface area (Å²) in [5.74, 6) is 0.543. The molecule has 4 rings (SSSR count). The minimum atomic E-state index is -3.58. The lowest BCUT2D eigenvalue weighted by Gasteiger charge is -2.31. The Balaban J connectivity index is 1.50. The highest BCUT2D eigenvalue weighted by atomic mass is 32.2. The van der Waals surface area contributed by atoms with Crippen LogP contribution in [0.5, 0.6) is 5.75 Å². The quantitative estimate of drug-likeness (QED) is 0.660. The van der Waals surface area contributed by atoms with E-state index in [1.165, 1.54) is 10.4 Å². The van der Waals surface area contributed by atoms with Crippen LogP contribution in [0.2, 0.25) is 0 Å². The van der Waals surface area contributed by atoms with Gasteiger partial charge in [-0.25, -0.2) is 8.42 Å². The molecule has 0 aliphatic carbocycles. The van der Waals surface area contributed by atoms with E-state index in [-0.39, 0.29) is 11.7 Å². The lowest BCUT2D eigenvalue weighted by molar-refractivity contribution is 0.134. The van der Waals surface area contributed by atoms with Gasteiger partial charge < -0.3 is 9.30 Å². The van der Waals surface area contributed by atoms with Gasteiger partial charge in [0.05, 0.1) is 4.90 Å². The molecule has 0 bridgehead atoms. The van der Waals surface area contributed by atoms with Gasteiger partial charge in [-0.1, -0.05) is 36.4 Å². The standard InChI is InChI=1S/C22H24N2O4S/c1-16-14-19(15-22(25)23(16)2)28-18-10-12-24(13-11-18)29(26,27)21-9-5-7-17-6-3-4-8-20(17)21/h3-9,14-15,18H,10-13H2,1-2H3. The maximum absolute atomic E-state index is 13.2. The second-order valence-corrected chi connectivity index (χ2v) is 9.33. The van der Waals surface area contributed by atoms with Crippen molar-refractivity contribution in [1.82, 2.24) is 8.87 Å². The van der Waals surface area contributed by atoms with E-state index in [1.54, 1.807) is 23.7 Å². The van der Waals surface area contributed by atoms with Crippen molar-refractivity contribution >= 4 is 20.8 Å². The summed E-state index contributed by atoms with van der Waals surface area (Å²) < 4.78 is 35.5. The number of aryl methyl sites for hydroxylation is 1. The number of piperidine rings is 1. The van der Waals surface area contributed by atoms with Crippen molar-refractivity contribution in [2.24, 2.45) is 7.05 Å². The van der Waals surface area contributed by atoms with Crippen LogP contribution in [0, 0.1) is 6.92 Å². The largest absolute Gasteiger partial charge is 0.490 e. The first-order valence-corrected chi connectivity index (χ1v) is 11.1. The second kappa shape index (κ2) is 7.65. The molecule has 1 saturated heterocycles. The van der Waals surface area contributed by atoms with Crippen molar-refractivity contribution in [2.75, 3.05) is 13.1 Å². The van der Waals surface area contributed by atoms with E-state index >= 15 is 0 Å². The van der Waals surface area contributed by atoms with Gasteiger partial charge in [0.2, 0.25) is 10.0 Å². The van der Waals surface area contributed by atoms with Crippen LogP contribution < -0.4 is 10.3 Å². The van der Waals surface area contributed by atoms with E-state index in [0.29, 0.717) is 36.6 Å². The minimum Gasteiger partial charge on any atom is -0.490 e. The number of rotatable bonds is 4. The number of sulfonamides is 1. The molecule has 1 aromatic heterocycles. The summed E-state index contributed by atoms with van der Waals surface area (Å²) in [7, 11) is -1.86. The molecular formula is C22H24N2O4S. The summed E-state index contributed by atoms with van der Waals surface area (Å²) in [6.07, 6.45) is 1.05. The Labute approximate surface area is 170 Å². The molecule has 0 amide bonds. The van der Waals surface area contributed by atoms with Gasteiger partial charge >= 0.3 is 0 Å². The maximum Gasteiger partial charge on any atom is 0.254 e. The van der Waals surface area contributed by atoms with Crippen LogP contribution in [0.4, 0.5) is 0 Å². The van der Waals surface area contributed by atoms with Crippen molar-refractivity contribution in [3.8, 4) is 5.75 Å². The zero-order chi connectivity index (χ0) is 20.6. The second-order valence-electron chi connectivity index (χ2n) is 7.43. The molecule has 6 nitrogen and oxygen atoms in total. The third kappa shape index (κ3) is 3.80. The summed E-state index contributed by atoms with van der Waals surface area (Å²) in [6.45, 7) is 2.63. The van der Waals surface area contributed by atoms with Gasteiger partial charge in [-0.05, 0) is 37.3 Å². The molecule has 2 aromatic carbocycles. The maximum atomic E-state index is 13.2. The van der Waals surface area contributed by atoms with Gasteiger partial charge in [0.1, 0.15) is 11.9 Å². The Kier molecular flexibility index (Phi) is 5.19. The van der Waals surface area contributed by atoms with Crippen LogP contribution in [0.15, 0.2) is 64.3 Å². The van der Waals surface area contributed by atoms with Gasteiger partial charge in [0.15, 0.2) is 0 Å². The summed E-state index contributed by atoms with van der Waals surface area (Å²) in [6, 6.07) is 16.2. The number of nitrogens with zero attached hydrogens (tertiary/aromatic N) is 2. The van der Waals surface area contributed by atoms with Crippen LogP contribution in [0.25, 0.3) is 10.8 Å². The highest BCUT2D eigenvalue weighted by molar-refractivity contribution is 7.89. The number of pyridine rings is 1. The fourth-order valence-electron chi connectivity index (χ4n) is 3.75. The molecule has 7 heteroatoms. The summed E-state index contributed by atoms with van der Waals surface area (Å²) >= 11 is 0. The monoisotopic (exact) mass is 412 g/mol. The molecule has 2 heterocycles. The van der Waals surface area contributed by atoms with Crippen LogP contribution in [0.3, 0.4) is 0 Å². The fraction of sp³-hybridized carbons (Fsp3) is 0.318. The molecule has 0 radical (unpaired) electrons. The van der Waals surface area contributed by atoms with Gasteiger partial charge in [0.25, 0.3) is 5.56 Å². The van der Waals surface area contributed by atoms with Crippen LogP contribution >= 0.6 is 0 Å². The van der Waals surface area contributed by atoms with Crippen LogP contribution in [-0.2, 0) is 17.1 Å². The predicted octanol–water partition coefficient (Wildman–Crippen LogP) is 3.08. The highest BCUT2D eigenvalue weighted by Crippen LogP contribution is 2.28. The van der Waals surface area contributed by atoms with E-state index in [4.69, 9.17) is 4.74 Å². The van der Waals surface area contributed by atoms with E-state index in [1.807, 2.05) is 43.3 Å². The van der Waals surface area contributed by atoms with Crippen LogP contribution in [-0.4, -0.2) is 36.5 Å². The lowest BCUT2D eigenvalue weighted by atomic mass is 10.1. The zero-order valence-electron chi connectivity index (χ0n) is 16.5. The molecular weight excluding hydrogens is 388 g/mol. The first kappa shape index (κ1) is 19.7. The molecule has 1 aliphatic heterocycles. The smallest absolute Gasteiger partial charge is 0.254 e. The van der Waals surface area contributed by atoms with E-state index in [2.05, 4.69) is 0 Å². The Morgan fingerprint density at radius 3 is 2.41 bits per heavy atom. The third-order valence-corrected chi connectivity index (χ3v) is 7.50. The Morgan fingerprint density at radius 2 is 1.69 bits per heavy atom. The van der Waals surface area contributed by atoms with Crippen molar-refractivity contribution in [1.29, 1.82) is 0 Å². The number of ether oxygens (including phenoxy) is 1. The van der Waals surface area contributed by atoms with Gasteiger partial charge in [-0.3, -0.25) is 4.79 Å². The average Bonchev–Trinajstić information content (AvgIpc) is 2.72. The molecule has 0 spiro atoms. The van der Waals surface area contributed by atoms with Crippen molar-refractivity contribution in [3.05, 3.63) is 70.6 Å². The number of benzene rings is 2. The molecule has 0 N–H and O–H groups in total. The molecule has 3 aromatic rings. The first-order chi connectivity index (χ1) is 13.9. The van der Waals surface area contributed by atoms with Crippen LogP contribution in [0.1, 0.15) is 18.5 Å². The summed E-state index contributed by atoms with van der Waals surface area (Å²) in [5, 5.41) is 1.65. The number of hydrogen-bond donors (Lipinski definition) is 0. The van der Waals surface area contributed by atoms with Gasteiger partial charge in [0, 0.05) is 37.3 Å². The Morgan fingerprint density at radius 1 is 1.00 bits per heavy atom. The minimum absolute atomic E-state index is 0.111. The van der Waals surface area contributed by atoms with Crippen molar-refractivity contribution in [3.63, 3.8) is 0 Å². The molecule has 152 valence electrons.